The molecular formula is C9H18N2. The highest BCUT2D eigenvalue weighted by Gasteiger charge is 2.35. The van der Waals surface area contributed by atoms with Crippen LogP contribution in [0, 0.1) is 5.41 Å². The van der Waals surface area contributed by atoms with Crippen LogP contribution in [-0.4, -0.2) is 11.6 Å². The summed E-state index contributed by atoms with van der Waals surface area (Å²) in [5, 5.41) is 0. The molecule has 4 N–H and O–H groups in total. The summed E-state index contributed by atoms with van der Waals surface area (Å²) in [5.74, 6) is 0. The van der Waals surface area contributed by atoms with Gasteiger partial charge in [0.2, 0.25) is 0 Å². The van der Waals surface area contributed by atoms with Crippen molar-refractivity contribution in [3.05, 3.63) is 12.2 Å². The average Bonchev–Trinajstić information content (AvgIpc) is 1.77. The zero-order valence-electron chi connectivity index (χ0n) is 7.59. The minimum absolute atomic E-state index is 0.137. The lowest BCUT2D eigenvalue weighted by atomic mass is 9.70. The molecule has 0 radical (unpaired) electrons. The number of hydrogen-bond acceptors (Lipinski definition) is 2. The molecule has 1 aliphatic rings. The predicted octanol–water partition coefficient (Wildman–Crippen LogP) is 1.02. The van der Waals surface area contributed by atoms with E-state index in [-0.39, 0.29) is 17.0 Å². The number of rotatable bonds is 0. The van der Waals surface area contributed by atoms with Gasteiger partial charge in [-0.25, -0.2) is 0 Å². The Morgan fingerprint density at radius 1 is 1.36 bits per heavy atom. The summed E-state index contributed by atoms with van der Waals surface area (Å²) < 4.78 is 0. The Morgan fingerprint density at radius 3 is 2.27 bits per heavy atom. The molecule has 0 aromatic rings. The minimum Gasteiger partial charge on any atom is -0.324 e. The Kier molecular flexibility index (Phi) is 1.85. The largest absolute Gasteiger partial charge is 0.324 e. The number of hydrogen-bond donors (Lipinski definition) is 2. The van der Waals surface area contributed by atoms with Gasteiger partial charge in [-0.2, -0.15) is 0 Å². The third-order valence-corrected chi connectivity index (χ3v) is 2.42. The van der Waals surface area contributed by atoms with E-state index in [1.165, 1.54) is 0 Å². The maximum Gasteiger partial charge on any atom is 0.0316 e. The van der Waals surface area contributed by atoms with Crippen molar-refractivity contribution in [3.63, 3.8) is 0 Å². The van der Waals surface area contributed by atoms with Gasteiger partial charge < -0.3 is 11.5 Å². The van der Waals surface area contributed by atoms with E-state index in [0.717, 1.165) is 6.42 Å². The maximum absolute atomic E-state index is 5.97. The van der Waals surface area contributed by atoms with Crippen LogP contribution in [0.3, 0.4) is 0 Å². The van der Waals surface area contributed by atoms with Crippen molar-refractivity contribution in [2.75, 3.05) is 0 Å². The Labute approximate surface area is 68.6 Å². The maximum atomic E-state index is 5.97. The van der Waals surface area contributed by atoms with Gasteiger partial charge in [-0.1, -0.05) is 26.0 Å². The van der Waals surface area contributed by atoms with E-state index < -0.39 is 0 Å². The first kappa shape index (κ1) is 8.75. The highest BCUT2D eigenvalue weighted by molar-refractivity contribution is 5.15. The Morgan fingerprint density at radius 2 is 1.91 bits per heavy atom. The summed E-state index contributed by atoms with van der Waals surface area (Å²) in [7, 11) is 0. The molecule has 0 aromatic heterocycles. The van der Waals surface area contributed by atoms with Crippen molar-refractivity contribution in [2.24, 2.45) is 16.9 Å². The lowest BCUT2D eigenvalue weighted by molar-refractivity contribution is 0.233. The third kappa shape index (κ3) is 1.82. The summed E-state index contributed by atoms with van der Waals surface area (Å²) in [6.07, 6.45) is 4.99. The van der Waals surface area contributed by atoms with Crippen molar-refractivity contribution in [1.29, 1.82) is 0 Å². The molecule has 0 saturated carbocycles. The van der Waals surface area contributed by atoms with Gasteiger partial charge in [0, 0.05) is 11.6 Å². The standard InChI is InChI=1S/C9H18N2/c1-8(2)6-9(3,11)5-4-7(8)10/h4-5,7H,6,10-11H2,1-3H3. The molecule has 0 fully saturated rings. The fraction of sp³-hybridized carbons (Fsp3) is 0.778. The second-order valence-corrected chi connectivity index (χ2v) is 4.56. The smallest absolute Gasteiger partial charge is 0.0316 e. The lowest BCUT2D eigenvalue weighted by Gasteiger charge is -2.40. The molecule has 2 unspecified atom stereocenters. The van der Waals surface area contributed by atoms with Gasteiger partial charge in [-0.15, -0.1) is 0 Å². The van der Waals surface area contributed by atoms with E-state index in [1.807, 2.05) is 19.1 Å². The molecule has 1 aliphatic carbocycles. The zero-order chi connectivity index (χ0) is 8.70. The summed E-state index contributed by atoms with van der Waals surface area (Å²) in [6.45, 7) is 6.36. The van der Waals surface area contributed by atoms with Crippen LogP contribution in [0.4, 0.5) is 0 Å². The normalized spacial score (nSPS) is 42.5. The molecule has 2 heteroatoms. The monoisotopic (exact) mass is 154 g/mol. The molecular weight excluding hydrogens is 136 g/mol. The van der Waals surface area contributed by atoms with E-state index in [9.17, 15) is 0 Å². The molecule has 0 amide bonds. The van der Waals surface area contributed by atoms with Crippen LogP contribution in [0.15, 0.2) is 12.2 Å². The SMILES string of the molecule is CC1(N)C=CC(N)C(C)(C)C1. The van der Waals surface area contributed by atoms with Gasteiger partial charge in [0.05, 0.1) is 0 Å². The molecule has 0 spiro atoms. The van der Waals surface area contributed by atoms with Crippen LogP contribution in [-0.2, 0) is 0 Å². The van der Waals surface area contributed by atoms with Gasteiger partial charge in [-0.05, 0) is 18.8 Å². The van der Waals surface area contributed by atoms with Gasteiger partial charge in [0.1, 0.15) is 0 Å². The molecule has 64 valence electrons. The fourth-order valence-electron chi connectivity index (χ4n) is 1.74. The van der Waals surface area contributed by atoms with Crippen LogP contribution in [0.5, 0.6) is 0 Å². The highest BCUT2D eigenvalue weighted by atomic mass is 14.8. The molecule has 11 heavy (non-hydrogen) atoms. The van der Waals surface area contributed by atoms with E-state index in [1.54, 1.807) is 0 Å². The second kappa shape index (κ2) is 2.32. The van der Waals surface area contributed by atoms with E-state index in [4.69, 9.17) is 11.5 Å². The predicted molar refractivity (Wildman–Crippen MR) is 48.1 cm³/mol. The van der Waals surface area contributed by atoms with Crippen molar-refractivity contribution < 1.29 is 0 Å². The molecule has 0 bridgehead atoms. The highest BCUT2D eigenvalue weighted by Crippen LogP contribution is 2.34. The number of nitrogens with two attached hydrogens (primary N) is 2. The molecule has 1 rings (SSSR count). The Balaban J connectivity index is 2.85. The minimum atomic E-state index is -0.167. The van der Waals surface area contributed by atoms with Gasteiger partial charge >= 0.3 is 0 Å². The summed E-state index contributed by atoms with van der Waals surface area (Å²) in [4.78, 5) is 0. The molecule has 0 aliphatic heterocycles. The summed E-state index contributed by atoms with van der Waals surface area (Å²) in [6, 6.07) is 0.152. The van der Waals surface area contributed by atoms with Gasteiger partial charge in [0.15, 0.2) is 0 Å². The topological polar surface area (TPSA) is 52.0 Å². The van der Waals surface area contributed by atoms with Crippen molar-refractivity contribution in [1.82, 2.24) is 0 Å². The first-order valence-corrected chi connectivity index (χ1v) is 4.07. The first-order valence-electron chi connectivity index (χ1n) is 4.07. The van der Waals surface area contributed by atoms with Gasteiger partial charge in [0.25, 0.3) is 0 Å². The molecule has 2 nitrogen and oxygen atoms in total. The third-order valence-electron chi connectivity index (χ3n) is 2.42. The fourth-order valence-corrected chi connectivity index (χ4v) is 1.74. The first-order chi connectivity index (χ1) is 4.83. The molecule has 0 saturated heterocycles. The summed E-state index contributed by atoms with van der Waals surface area (Å²) >= 11 is 0. The van der Waals surface area contributed by atoms with E-state index in [2.05, 4.69) is 13.8 Å². The van der Waals surface area contributed by atoms with Crippen LogP contribution in [0.25, 0.3) is 0 Å². The Hall–Kier alpha value is -0.340. The van der Waals surface area contributed by atoms with Crippen LogP contribution >= 0.6 is 0 Å². The molecule has 0 aromatic carbocycles. The van der Waals surface area contributed by atoms with Crippen LogP contribution < -0.4 is 11.5 Å². The van der Waals surface area contributed by atoms with Crippen molar-refractivity contribution >= 4 is 0 Å². The second-order valence-electron chi connectivity index (χ2n) is 4.56. The Bertz CT molecular complexity index is 180. The quantitative estimate of drug-likeness (QED) is 0.512. The van der Waals surface area contributed by atoms with Crippen LogP contribution in [0.1, 0.15) is 27.2 Å². The average molecular weight is 154 g/mol. The van der Waals surface area contributed by atoms with Gasteiger partial charge in [-0.3, -0.25) is 0 Å². The van der Waals surface area contributed by atoms with Crippen molar-refractivity contribution in [2.45, 2.75) is 38.8 Å². The summed E-state index contributed by atoms with van der Waals surface area (Å²) in [5.41, 5.74) is 11.8. The van der Waals surface area contributed by atoms with E-state index in [0.29, 0.717) is 0 Å². The van der Waals surface area contributed by atoms with E-state index >= 15 is 0 Å². The molecule has 0 heterocycles. The molecule has 2 atom stereocenters. The van der Waals surface area contributed by atoms with Crippen molar-refractivity contribution in [3.8, 4) is 0 Å². The lowest BCUT2D eigenvalue weighted by Crippen LogP contribution is -2.49. The zero-order valence-corrected chi connectivity index (χ0v) is 7.59. The van der Waals surface area contributed by atoms with Crippen LogP contribution in [0.2, 0.25) is 0 Å².